The highest BCUT2D eigenvalue weighted by atomic mass is 16.5. The molecule has 1 nitrogen and oxygen atoms in total. The Morgan fingerprint density at radius 2 is 1.65 bits per heavy atom. The van der Waals surface area contributed by atoms with Gasteiger partial charge >= 0.3 is 0 Å². The van der Waals surface area contributed by atoms with E-state index in [1.807, 2.05) is 0 Å². The Kier molecular flexibility index (Phi) is 5.54. The van der Waals surface area contributed by atoms with Crippen LogP contribution >= 0.6 is 0 Å². The maximum atomic E-state index is 5.69. The van der Waals surface area contributed by atoms with E-state index in [2.05, 4.69) is 52.0 Å². The molecule has 1 rings (SSSR count). The predicted molar refractivity (Wildman–Crippen MR) is 74.6 cm³/mol. The van der Waals surface area contributed by atoms with Crippen molar-refractivity contribution in [2.24, 2.45) is 5.41 Å². The van der Waals surface area contributed by atoms with E-state index in [9.17, 15) is 0 Å². The number of hydrogen-bond acceptors (Lipinski definition) is 1. The number of unbranched alkanes of at least 4 members (excludes halogenated alkanes) is 2. The topological polar surface area (TPSA) is 9.23 Å². The highest BCUT2D eigenvalue weighted by molar-refractivity contribution is 5.27. The SMILES string of the molecule is CCCCCOc1ccc(CC(C)(C)C)cc1. The van der Waals surface area contributed by atoms with Crippen molar-refractivity contribution >= 4 is 0 Å². The van der Waals surface area contributed by atoms with E-state index in [0.717, 1.165) is 25.2 Å². The number of hydrogen-bond donors (Lipinski definition) is 0. The van der Waals surface area contributed by atoms with Gasteiger partial charge in [-0.25, -0.2) is 0 Å². The minimum Gasteiger partial charge on any atom is -0.494 e. The monoisotopic (exact) mass is 234 g/mol. The van der Waals surface area contributed by atoms with Crippen LogP contribution in [0.3, 0.4) is 0 Å². The first-order chi connectivity index (χ1) is 8.01. The summed E-state index contributed by atoms with van der Waals surface area (Å²) in [7, 11) is 0. The van der Waals surface area contributed by atoms with Gasteiger partial charge < -0.3 is 4.74 Å². The van der Waals surface area contributed by atoms with Gasteiger partial charge in [-0.05, 0) is 36.0 Å². The van der Waals surface area contributed by atoms with Crippen LogP contribution in [0.2, 0.25) is 0 Å². The Labute approximate surface area is 106 Å². The van der Waals surface area contributed by atoms with E-state index < -0.39 is 0 Å². The summed E-state index contributed by atoms with van der Waals surface area (Å²) in [4.78, 5) is 0. The Hall–Kier alpha value is -0.980. The summed E-state index contributed by atoms with van der Waals surface area (Å²) < 4.78 is 5.69. The highest BCUT2D eigenvalue weighted by Gasteiger charge is 2.10. The fraction of sp³-hybridized carbons (Fsp3) is 0.625. The number of rotatable bonds is 6. The second kappa shape index (κ2) is 6.68. The molecule has 0 heterocycles. The van der Waals surface area contributed by atoms with Gasteiger partial charge in [0.15, 0.2) is 0 Å². The van der Waals surface area contributed by atoms with Crippen molar-refractivity contribution in [3.63, 3.8) is 0 Å². The lowest BCUT2D eigenvalue weighted by molar-refractivity contribution is 0.306. The molecule has 0 aromatic heterocycles. The van der Waals surface area contributed by atoms with Crippen LogP contribution in [0.4, 0.5) is 0 Å². The molecule has 0 saturated carbocycles. The number of ether oxygens (including phenoxy) is 1. The van der Waals surface area contributed by atoms with Gasteiger partial charge in [-0.15, -0.1) is 0 Å². The quantitative estimate of drug-likeness (QED) is 0.640. The second-order valence-electron chi connectivity index (χ2n) is 5.94. The van der Waals surface area contributed by atoms with E-state index in [4.69, 9.17) is 4.74 Å². The Morgan fingerprint density at radius 1 is 1.00 bits per heavy atom. The molecule has 0 spiro atoms. The largest absolute Gasteiger partial charge is 0.494 e. The molecular formula is C16H26O. The van der Waals surface area contributed by atoms with Crippen molar-refractivity contribution in [1.29, 1.82) is 0 Å². The highest BCUT2D eigenvalue weighted by Crippen LogP contribution is 2.22. The molecule has 0 fully saturated rings. The lowest BCUT2D eigenvalue weighted by Gasteiger charge is -2.18. The van der Waals surface area contributed by atoms with Gasteiger partial charge in [-0.3, -0.25) is 0 Å². The van der Waals surface area contributed by atoms with E-state index in [1.165, 1.54) is 18.4 Å². The molecule has 0 unspecified atom stereocenters. The van der Waals surface area contributed by atoms with Gasteiger partial charge in [0.2, 0.25) is 0 Å². The van der Waals surface area contributed by atoms with E-state index in [0.29, 0.717) is 5.41 Å². The standard InChI is InChI=1S/C16H26O/c1-5-6-7-12-17-15-10-8-14(9-11-15)13-16(2,3)4/h8-11H,5-7,12-13H2,1-4H3. The molecule has 96 valence electrons. The van der Waals surface area contributed by atoms with Crippen LogP contribution in [0.5, 0.6) is 5.75 Å². The van der Waals surface area contributed by atoms with Gasteiger partial charge in [-0.2, -0.15) is 0 Å². The zero-order chi connectivity index (χ0) is 12.7. The van der Waals surface area contributed by atoms with E-state index in [1.54, 1.807) is 0 Å². The zero-order valence-electron chi connectivity index (χ0n) is 11.8. The molecule has 0 saturated heterocycles. The van der Waals surface area contributed by atoms with Crippen molar-refractivity contribution in [3.05, 3.63) is 29.8 Å². The average Bonchev–Trinajstić information content (AvgIpc) is 2.25. The Balaban J connectivity index is 2.39. The third-order valence-electron chi connectivity index (χ3n) is 2.67. The summed E-state index contributed by atoms with van der Waals surface area (Å²) in [5.41, 5.74) is 1.74. The van der Waals surface area contributed by atoms with Crippen LogP contribution in [0.1, 0.15) is 52.5 Å². The summed E-state index contributed by atoms with van der Waals surface area (Å²) in [6.45, 7) is 9.85. The van der Waals surface area contributed by atoms with Gasteiger partial charge in [-0.1, -0.05) is 52.7 Å². The van der Waals surface area contributed by atoms with Crippen molar-refractivity contribution in [2.75, 3.05) is 6.61 Å². The molecular weight excluding hydrogens is 208 g/mol. The third-order valence-corrected chi connectivity index (χ3v) is 2.67. The molecule has 0 radical (unpaired) electrons. The fourth-order valence-corrected chi connectivity index (χ4v) is 1.86. The summed E-state index contributed by atoms with van der Waals surface area (Å²) >= 11 is 0. The molecule has 0 aliphatic carbocycles. The van der Waals surface area contributed by atoms with Crippen LogP contribution < -0.4 is 4.74 Å². The molecule has 0 bridgehead atoms. The number of benzene rings is 1. The molecule has 17 heavy (non-hydrogen) atoms. The van der Waals surface area contributed by atoms with Crippen LogP contribution in [0, 0.1) is 5.41 Å². The molecule has 0 amide bonds. The minimum absolute atomic E-state index is 0.351. The van der Waals surface area contributed by atoms with Crippen molar-refractivity contribution in [3.8, 4) is 5.75 Å². The van der Waals surface area contributed by atoms with Crippen LogP contribution in [0.15, 0.2) is 24.3 Å². The van der Waals surface area contributed by atoms with Crippen LogP contribution in [-0.4, -0.2) is 6.61 Å². The molecule has 1 aromatic carbocycles. The molecule has 0 N–H and O–H groups in total. The third kappa shape index (κ3) is 6.35. The lowest BCUT2D eigenvalue weighted by Crippen LogP contribution is -2.08. The van der Waals surface area contributed by atoms with Crippen molar-refractivity contribution in [1.82, 2.24) is 0 Å². The zero-order valence-corrected chi connectivity index (χ0v) is 11.8. The fourth-order valence-electron chi connectivity index (χ4n) is 1.86. The molecule has 0 aliphatic rings. The first-order valence-electron chi connectivity index (χ1n) is 6.73. The van der Waals surface area contributed by atoms with E-state index in [-0.39, 0.29) is 0 Å². The van der Waals surface area contributed by atoms with Crippen LogP contribution in [0.25, 0.3) is 0 Å². The lowest BCUT2D eigenvalue weighted by atomic mass is 9.88. The van der Waals surface area contributed by atoms with Crippen LogP contribution in [-0.2, 0) is 6.42 Å². The maximum absolute atomic E-state index is 5.69. The maximum Gasteiger partial charge on any atom is 0.119 e. The summed E-state index contributed by atoms with van der Waals surface area (Å²) in [5.74, 6) is 0.999. The molecule has 1 aromatic rings. The summed E-state index contributed by atoms with van der Waals surface area (Å²) in [6, 6.07) is 8.54. The van der Waals surface area contributed by atoms with Gasteiger partial charge in [0.25, 0.3) is 0 Å². The normalized spacial score (nSPS) is 11.5. The smallest absolute Gasteiger partial charge is 0.119 e. The van der Waals surface area contributed by atoms with Crippen molar-refractivity contribution < 1.29 is 4.74 Å². The average molecular weight is 234 g/mol. The second-order valence-corrected chi connectivity index (χ2v) is 5.94. The minimum atomic E-state index is 0.351. The van der Waals surface area contributed by atoms with Gasteiger partial charge in [0.05, 0.1) is 6.61 Å². The molecule has 1 heteroatoms. The Morgan fingerprint density at radius 3 is 2.18 bits per heavy atom. The van der Waals surface area contributed by atoms with Gasteiger partial charge in [0, 0.05) is 0 Å². The van der Waals surface area contributed by atoms with E-state index >= 15 is 0 Å². The molecule has 0 aliphatic heterocycles. The first kappa shape index (κ1) is 14.1. The van der Waals surface area contributed by atoms with Gasteiger partial charge in [0.1, 0.15) is 5.75 Å². The molecule has 0 atom stereocenters. The summed E-state index contributed by atoms with van der Waals surface area (Å²) in [5, 5.41) is 0. The van der Waals surface area contributed by atoms with Crippen molar-refractivity contribution in [2.45, 2.75) is 53.4 Å². The summed E-state index contributed by atoms with van der Waals surface area (Å²) in [6.07, 6.45) is 4.76. The Bertz CT molecular complexity index is 305. The predicted octanol–water partition coefficient (Wildman–Crippen LogP) is 4.84. The first-order valence-corrected chi connectivity index (χ1v) is 6.73.